The van der Waals surface area contributed by atoms with Crippen molar-refractivity contribution in [2.45, 2.75) is 6.42 Å². The van der Waals surface area contributed by atoms with Gasteiger partial charge in [0.15, 0.2) is 0 Å². The van der Waals surface area contributed by atoms with Crippen molar-refractivity contribution in [3.05, 3.63) is 69.2 Å². The summed E-state index contributed by atoms with van der Waals surface area (Å²) in [4.78, 5) is 4.58. The number of hydrogen-bond donors (Lipinski definition) is 0. The third kappa shape index (κ3) is 3.20. The number of nitrogens with zero attached hydrogens (tertiary/aromatic N) is 1. The molecule has 2 aromatic carbocycles. The molecule has 0 aliphatic rings. The van der Waals surface area contributed by atoms with Crippen molar-refractivity contribution < 1.29 is 4.74 Å². The first kappa shape index (κ1) is 14.4. The van der Waals surface area contributed by atoms with Crippen LogP contribution in [0.5, 0.6) is 5.88 Å². The van der Waals surface area contributed by atoms with Crippen LogP contribution in [0.4, 0.5) is 0 Å². The van der Waals surface area contributed by atoms with Crippen molar-refractivity contribution in [2.75, 3.05) is 7.11 Å². The molecule has 0 atom stereocenters. The van der Waals surface area contributed by atoms with Crippen molar-refractivity contribution in [1.82, 2.24) is 4.98 Å². The van der Waals surface area contributed by atoms with E-state index in [1.165, 1.54) is 5.56 Å². The summed E-state index contributed by atoms with van der Waals surface area (Å²) in [5.41, 5.74) is 3.16. The van der Waals surface area contributed by atoms with Crippen LogP contribution in [-0.2, 0) is 6.42 Å². The van der Waals surface area contributed by atoms with E-state index in [4.69, 9.17) is 16.3 Å². The summed E-state index contributed by atoms with van der Waals surface area (Å²) in [6.45, 7) is 0. The lowest BCUT2D eigenvalue weighted by molar-refractivity contribution is 0.395. The highest BCUT2D eigenvalue weighted by molar-refractivity contribution is 9.10. The number of methoxy groups -OCH3 is 1. The van der Waals surface area contributed by atoms with E-state index < -0.39 is 0 Å². The number of rotatable bonds is 3. The summed E-state index contributed by atoms with van der Waals surface area (Å²) in [7, 11) is 1.65. The topological polar surface area (TPSA) is 22.1 Å². The van der Waals surface area contributed by atoms with Crippen molar-refractivity contribution >= 4 is 38.4 Å². The number of benzene rings is 2. The third-order valence-electron chi connectivity index (χ3n) is 3.32. The van der Waals surface area contributed by atoms with Gasteiger partial charge in [0, 0.05) is 26.9 Å². The minimum absolute atomic E-state index is 0.666. The molecule has 0 fully saturated rings. The van der Waals surface area contributed by atoms with Gasteiger partial charge in [-0.3, -0.25) is 0 Å². The molecular weight excluding hydrogens is 350 g/mol. The molecule has 0 N–H and O–H groups in total. The van der Waals surface area contributed by atoms with Crippen molar-refractivity contribution in [1.29, 1.82) is 0 Å². The Morgan fingerprint density at radius 1 is 1.10 bits per heavy atom. The van der Waals surface area contributed by atoms with Gasteiger partial charge in [0.2, 0.25) is 5.88 Å². The molecule has 0 aliphatic carbocycles. The van der Waals surface area contributed by atoms with E-state index in [0.717, 1.165) is 32.4 Å². The van der Waals surface area contributed by atoms with E-state index in [-0.39, 0.29) is 0 Å². The van der Waals surface area contributed by atoms with Gasteiger partial charge in [-0.2, -0.15) is 0 Å². The van der Waals surface area contributed by atoms with Crippen LogP contribution in [0.25, 0.3) is 10.9 Å². The SMILES string of the molecule is COc1nc2ccc(Br)cc2cc1Cc1ccc(Cl)cc1. The zero-order chi connectivity index (χ0) is 14.8. The molecule has 3 rings (SSSR count). The Labute approximate surface area is 136 Å². The lowest BCUT2D eigenvalue weighted by atomic mass is 10.0. The Morgan fingerprint density at radius 3 is 2.57 bits per heavy atom. The van der Waals surface area contributed by atoms with Crippen molar-refractivity contribution in [3.63, 3.8) is 0 Å². The average Bonchev–Trinajstić information content (AvgIpc) is 2.49. The molecule has 0 aliphatic heterocycles. The maximum absolute atomic E-state index is 5.93. The number of halogens is 2. The molecule has 4 heteroatoms. The fourth-order valence-electron chi connectivity index (χ4n) is 2.30. The quantitative estimate of drug-likeness (QED) is 0.635. The molecule has 0 bridgehead atoms. The van der Waals surface area contributed by atoms with E-state index in [1.54, 1.807) is 7.11 Å². The fourth-order valence-corrected chi connectivity index (χ4v) is 2.80. The molecule has 0 saturated heterocycles. The number of fused-ring (bicyclic) bond motifs is 1. The standard InChI is InChI=1S/C17H13BrClNO/c1-21-17-13(8-11-2-5-15(19)6-3-11)9-12-10-14(18)4-7-16(12)20-17/h2-7,9-10H,8H2,1H3. The molecule has 106 valence electrons. The summed E-state index contributed by atoms with van der Waals surface area (Å²) in [5, 5.41) is 1.83. The number of ether oxygens (including phenoxy) is 1. The Balaban J connectivity index is 2.05. The summed E-state index contributed by atoms with van der Waals surface area (Å²) >= 11 is 9.42. The fraction of sp³-hybridized carbons (Fsp3) is 0.118. The van der Waals surface area contributed by atoms with E-state index >= 15 is 0 Å². The van der Waals surface area contributed by atoms with Gasteiger partial charge in [-0.05, 0) is 42.0 Å². The Hall–Kier alpha value is -1.58. The summed E-state index contributed by atoms with van der Waals surface area (Å²) in [5.74, 6) is 0.666. The third-order valence-corrected chi connectivity index (χ3v) is 4.06. The molecule has 1 heterocycles. The zero-order valence-electron chi connectivity index (χ0n) is 11.4. The highest BCUT2D eigenvalue weighted by atomic mass is 79.9. The zero-order valence-corrected chi connectivity index (χ0v) is 13.8. The minimum Gasteiger partial charge on any atom is -0.481 e. The molecule has 0 amide bonds. The second-order valence-corrected chi connectivity index (χ2v) is 6.15. The first-order valence-electron chi connectivity index (χ1n) is 6.53. The van der Waals surface area contributed by atoms with Gasteiger partial charge in [0.05, 0.1) is 12.6 Å². The van der Waals surface area contributed by atoms with Crippen LogP contribution in [0.3, 0.4) is 0 Å². The van der Waals surface area contributed by atoms with Crippen LogP contribution in [0.1, 0.15) is 11.1 Å². The van der Waals surface area contributed by atoms with E-state index in [2.05, 4.69) is 33.0 Å². The van der Waals surface area contributed by atoms with Crippen molar-refractivity contribution in [3.8, 4) is 5.88 Å². The highest BCUT2D eigenvalue weighted by Gasteiger charge is 2.09. The molecule has 0 radical (unpaired) electrons. The molecule has 3 aromatic rings. The molecule has 2 nitrogen and oxygen atoms in total. The molecular formula is C17H13BrClNO. The largest absolute Gasteiger partial charge is 0.481 e. The molecule has 0 saturated carbocycles. The van der Waals surface area contributed by atoms with Crippen molar-refractivity contribution in [2.24, 2.45) is 0 Å². The molecule has 21 heavy (non-hydrogen) atoms. The summed E-state index contributed by atoms with van der Waals surface area (Å²) in [6.07, 6.45) is 0.760. The van der Waals surface area contributed by atoms with Crippen LogP contribution in [0.15, 0.2) is 53.0 Å². The summed E-state index contributed by atoms with van der Waals surface area (Å²) < 4.78 is 6.47. The monoisotopic (exact) mass is 361 g/mol. The van der Waals surface area contributed by atoms with Crippen LogP contribution in [0, 0.1) is 0 Å². The summed E-state index contributed by atoms with van der Waals surface area (Å²) in [6, 6.07) is 16.0. The number of aromatic nitrogens is 1. The van der Waals surface area contributed by atoms with E-state index in [1.807, 2.05) is 36.4 Å². The van der Waals surface area contributed by atoms with Gasteiger partial charge >= 0.3 is 0 Å². The Kier molecular flexibility index (Phi) is 4.13. The van der Waals surface area contributed by atoms with Gasteiger partial charge in [-0.1, -0.05) is 39.7 Å². The maximum Gasteiger partial charge on any atom is 0.217 e. The second kappa shape index (κ2) is 6.04. The predicted molar refractivity (Wildman–Crippen MR) is 90.3 cm³/mol. The lowest BCUT2D eigenvalue weighted by Gasteiger charge is -2.10. The van der Waals surface area contributed by atoms with Crippen LogP contribution in [-0.4, -0.2) is 12.1 Å². The van der Waals surface area contributed by atoms with Gasteiger partial charge in [0.25, 0.3) is 0 Å². The lowest BCUT2D eigenvalue weighted by Crippen LogP contribution is -1.97. The number of hydrogen-bond acceptors (Lipinski definition) is 2. The first-order valence-corrected chi connectivity index (χ1v) is 7.70. The highest BCUT2D eigenvalue weighted by Crippen LogP contribution is 2.27. The smallest absolute Gasteiger partial charge is 0.217 e. The number of pyridine rings is 1. The Bertz CT molecular complexity index is 787. The molecule has 1 aromatic heterocycles. The van der Waals surface area contributed by atoms with Gasteiger partial charge < -0.3 is 4.74 Å². The molecule has 0 unspecified atom stereocenters. The van der Waals surface area contributed by atoms with E-state index in [9.17, 15) is 0 Å². The van der Waals surface area contributed by atoms with Gasteiger partial charge in [-0.15, -0.1) is 0 Å². The van der Waals surface area contributed by atoms with Crippen LogP contribution < -0.4 is 4.74 Å². The van der Waals surface area contributed by atoms with E-state index in [0.29, 0.717) is 5.88 Å². The minimum atomic E-state index is 0.666. The van der Waals surface area contributed by atoms with Gasteiger partial charge in [-0.25, -0.2) is 4.98 Å². The first-order chi connectivity index (χ1) is 10.2. The Morgan fingerprint density at radius 2 is 1.86 bits per heavy atom. The predicted octanol–water partition coefficient (Wildman–Crippen LogP) is 5.25. The average molecular weight is 363 g/mol. The van der Waals surface area contributed by atoms with Gasteiger partial charge in [0.1, 0.15) is 0 Å². The maximum atomic E-state index is 5.93. The second-order valence-electron chi connectivity index (χ2n) is 4.80. The molecule has 0 spiro atoms. The van der Waals surface area contributed by atoms with Crippen LogP contribution >= 0.6 is 27.5 Å². The van der Waals surface area contributed by atoms with Crippen LogP contribution in [0.2, 0.25) is 5.02 Å². The normalized spacial score (nSPS) is 10.8.